The number of benzene rings is 2. The number of carbonyl (C=O) groups excluding carboxylic acids is 2. The molecule has 0 fully saturated rings. The summed E-state index contributed by atoms with van der Waals surface area (Å²) < 4.78 is 19.3. The summed E-state index contributed by atoms with van der Waals surface area (Å²) in [6.07, 6.45) is 0.750. The first kappa shape index (κ1) is 17.5. The van der Waals surface area contributed by atoms with Gasteiger partial charge < -0.3 is 10.1 Å². The highest BCUT2D eigenvalue weighted by Crippen LogP contribution is 2.37. The number of hydrogen-bond donors (Lipinski definition) is 1. The Bertz CT molecular complexity index is 792. The molecule has 130 valence electrons. The monoisotopic (exact) mass is 359 g/mol. The van der Waals surface area contributed by atoms with E-state index in [4.69, 9.17) is 4.74 Å². The van der Waals surface area contributed by atoms with Crippen LogP contribution in [0, 0.1) is 5.82 Å². The normalized spacial score (nSPS) is 16.0. The summed E-state index contributed by atoms with van der Waals surface area (Å²) in [6.45, 7) is 1.36. The number of ether oxygens (including phenoxy) is 1. The average Bonchev–Trinajstić information content (AvgIpc) is 2.61. The minimum atomic E-state index is -0.261. The lowest BCUT2D eigenvalue weighted by Crippen LogP contribution is -2.34. The molecule has 0 aliphatic carbocycles. The molecule has 1 aliphatic heterocycles. The van der Waals surface area contributed by atoms with Crippen molar-refractivity contribution in [3.63, 3.8) is 0 Å². The van der Waals surface area contributed by atoms with Crippen LogP contribution in [-0.2, 0) is 4.79 Å². The maximum atomic E-state index is 13.9. The minimum Gasteiger partial charge on any atom is -0.484 e. The van der Waals surface area contributed by atoms with E-state index < -0.39 is 0 Å². The fourth-order valence-corrected chi connectivity index (χ4v) is 3.85. The van der Waals surface area contributed by atoms with E-state index in [0.717, 1.165) is 17.7 Å². The van der Waals surface area contributed by atoms with E-state index in [9.17, 15) is 14.0 Å². The molecule has 0 unspecified atom stereocenters. The highest BCUT2D eigenvalue weighted by molar-refractivity contribution is 7.99. The molecule has 0 saturated heterocycles. The number of fused-ring (bicyclic) bond motifs is 1. The largest absolute Gasteiger partial charge is 0.484 e. The van der Waals surface area contributed by atoms with Gasteiger partial charge in [-0.3, -0.25) is 9.59 Å². The Morgan fingerprint density at radius 3 is 2.72 bits per heavy atom. The van der Waals surface area contributed by atoms with Crippen LogP contribution in [0.1, 0.15) is 35.3 Å². The van der Waals surface area contributed by atoms with Crippen LogP contribution >= 0.6 is 11.8 Å². The molecule has 2 aromatic rings. The quantitative estimate of drug-likeness (QED) is 0.826. The number of nitrogens with one attached hydrogen (secondary N) is 1. The summed E-state index contributed by atoms with van der Waals surface area (Å²) in [4.78, 5) is 24.0. The highest BCUT2D eigenvalue weighted by atomic mass is 32.2. The van der Waals surface area contributed by atoms with E-state index in [1.807, 2.05) is 6.07 Å². The Hall–Kier alpha value is -2.34. The maximum absolute atomic E-state index is 13.9. The van der Waals surface area contributed by atoms with Gasteiger partial charge in [0.05, 0.1) is 6.04 Å². The number of halogens is 1. The fraction of sp³-hybridized carbons (Fsp3) is 0.263. The predicted molar refractivity (Wildman–Crippen MR) is 94.6 cm³/mol. The lowest BCUT2D eigenvalue weighted by molar-refractivity contribution is -0.123. The number of rotatable bonds is 5. The third kappa shape index (κ3) is 4.20. The second-order valence-corrected chi connectivity index (χ2v) is 6.89. The van der Waals surface area contributed by atoms with Crippen LogP contribution < -0.4 is 10.1 Å². The number of thioether (sulfide) groups is 1. The van der Waals surface area contributed by atoms with Crippen LogP contribution in [-0.4, -0.2) is 24.1 Å². The number of amides is 1. The van der Waals surface area contributed by atoms with Crippen LogP contribution in [0.3, 0.4) is 0 Å². The van der Waals surface area contributed by atoms with Gasteiger partial charge in [0, 0.05) is 16.2 Å². The van der Waals surface area contributed by atoms with Crippen molar-refractivity contribution in [2.75, 3.05) is 12.4 Å². The molecule has 1 heterocycles. The number of Topliss-reactive ketones (excluding diaryl/α,β-unsaturated/α-hetero) is 1. The van der Waals surface area contributed by atoms with Crippen LogP contribution in [0.15, 0.2) is 47.4 Å². The highest BCUT2D eigenvalue weighted by Gasteiger charge is 2.24. The van der Waals surface area contributed by atoms with Gasteiger partial charge in [-0.2, -0.15) is 0 Å². The molecule has 0 aromatic heterocycles. The molecule has 1 atom stereocenters. The second-order valence-electron chi connectivity index (χ2n) is 5.78. The average molecular weight is 359 g/mol. The number of hydrogen-bond acceptors (Lipinski definition) is 4. The van der Waals surface area contributed by atoms with Crippen molar-refractivity contribution in [2.45, 2.75) is 24.3 Å². The maximum Gasteiger partial charge on any atom is 0.258 e. The van der Waals surface area contributed by atoms with Crippen LogP contribution in [0.5, 0.6) is 5.75 Å². The molecular weight excluding hydrogens is 341 g/mol. The SMILES string of the molecule is CC(=O)c1ccc(OCC(=O)N[C@H]2CCSc3c(F)cccc32)cc1. The first-order valence-electron chi connectivity index (χ1n) is 7.99. The number of carbonyl (C=O) groups is 2. The molecule has 0 radical (unpaired) electrons. The Morgan fingerprint density at radius 1 is 1.24 bits per heavy atom. The first-order chi connectivity index (χ1) is 12.0. The topological polar surface area (TPSA) is 55.4 Å². The van der Waals surface area contributed by atoms with Gasteiger partial charge in [0.15, 0.2) is 12.4 Å². The Kier molecular flexibility index (Phi) is 5.38. The molecule has 25 heavy (non-hydrogen) atoms. The van der Waals surface area contributed by atoms with Gasteiger partial charge in [-0.1, -0.05) is 12.1 Å². The van der Waals surface area contributed by atoms with Gasteiger partial charge in [-0.05, 0) is 49.2 Å². The van der Waals surface area contributed by atoms with E-state index >= 15 is 0 Å². The zero-order valence-corrected chi connectivity index (χ0v) is 14.6. The fourth-order valence-electron chi connectivity index (χ4n) is 2.71. The summed E-state index contributed by atoms with van der Waals surface area (Å²) in [5.74, 6) is 0.744. The van der Waals surface area contributed by atoms with E-state index in [0.29, 0.717) is 16.2 Å². The minimum absolute atomic E-state index is 0.0228. The molecule has 1 aliphatic rings. The molecule has 0 bridgehead atoms. The summed E-state index contributed by atoms with van der Waals surface area (Å²) >= 11 is 1.47. The first-order valence-corrected chi connectivity index (χ1v) is 8.97. The van der Waals surface area contributed by atoms with Gasteiger partial charge >= 0.3 is 0 Å². The number of ketones is 1. The second kappa shape index (κ2) is 7.70. The molecule has 0 saturated carbocycles. The zero-order chi connectivity index (χ0) is 17.8. The zero-order valence-electron chi connectivity index (χ0n) is 13.8. The molecule has 4 nitrogen and oxygen atoms in total. The standard InChI is InChI=1S/C19H18FNO3S/c1-12(22)13-5-7-14(8-6-13)24-11-18(23)21-17-9-10-25-19-15(17)3-2-4-16(19)20/h2-8,17H,9-11H2,1H3,(H,21,23)/t17-/m0/s1. The smallest absolute Gasteiger partial charge is 0.258 e. The predicted octanol–water partition coefficient (Wildman–Crippen LogP) is 3.76. The third-order valence-electron chi connectivity index (χ3n) is 3.99. The lowest BCUT2D eigenvalue weighted by atomic mass is 10.0. The Balaban J connectivity index is 1.59. The van der Waals surface area contributed by atoms with Gasteiger partial charge in [0.2, 0.25) is 0 Å². The Morgan fingerprint density at radius 2 is 2.00 bits per heavy atom. The van der Waals surface area contributed by atoms with Crippen molar-refractivity contribution in [2.24, 2.45) is 0 Å². The molecule has 1 amide bonds. The summed E-state index contributed by atoms with van der Waals surface area (Å²) in [7, 11) is 0. The molecule has 6 heteroatoms. The third-order valence-corrected chi connectivity index (χ3v) is 5.15. The summed E-state index contributed by atoms with van der Waals surface area (Å²) in [5, 5.41) is 2.90. The molecule has 0 spiro atoms. The lowest BCUT2D eigenvalue weighted by Gasteiger charge is -2.26. The molecular formula is C19H18FNO3S. The van der Waals surface area contributed by atoms with Crippen LogP contribution in [0.4, 0.5) is 4.39 Å². The Labute approximate surface area is 149 Å². The van der Waals surface area contributed by atoms with Gasteiger partial charge in [0.1, 0.15) is 11.6 Å². The van der Waals surface area contributed by atoms with Crippen LogP contribution in [0.2, 0.25) is 0 Å². The van der Waals surface area contributed by atoms with Crippen molar-refractivity contribution in [3.05, 3.63) is 59.4 Å². The molecule has 2 aromatic carbocycles. The van der Waals surface area contributed by atoms with Crippen molar-refractivity contribution in [1.82, 2.24) is 5.32 Å². The molecule has 3 rings (SSSR count). The van der Waals surface area contributed by atoms with Crippen LogP contribution in [0.25, 0.3) is 0 Å². The van der Waals surface area contributed by atoms with Gasteiger partial charge in [0.25, 0.3) is 5.91 Å². The van der Waals surface area contributed by atoms with Crippen molar-refractivity contribution in [3.8, 4) is 5.75 Å². The van der Waals surface area contributed by atoms with E-state index in [1.165, 1.54) is 24.8 Å². The molecule has 1 N–H and O–H groups in total. The van der Waals surface area contributed by atoms with E-state index in [-0.39, 0.29) is 30.2 Å². The summed E-state index contributed by atoms with van der Waals surface area (Å²) in [6, 6.07) is 11.4. The van der Waals surface area contributed by atoms with Gasteiger partial charge in [-0.15, -0.1) is 11.8 Å². The van der Waals surface area contributed by atoms with Crippen molar-refractivity contribution < 1.29 is 18.7 Å². The van der Waals surface area contributed by atoms with Crippen molar-refractivity contribution >= 4 is 23.5 Å². The van der Waals surface area contributed by atoms with Crippen molar-refractivity contribution in [1.29, 1.82) is 0 Å². The van der Waals surface area contributed by atoms with E-state index in [1.54, 1.807) is 30.3 Å². The van der Waals surface area contributed by atoms with E-state index in [2.05, 4.69) is 5.32 Å². The van der Waals surface area contributed by atoms with Gasteiger partial charge in [-0.25, -0.2) is 4.39 Å². The summed E-state index contributed by atoms with van der Waals surface area (Å²) in [5.41, 5.74) is 1.41.